The molecule has 2 N–H and O–H groups in total. The Bertz CT molecular complexity index is 600. The van der Waals surface area contributed by atoms with E-state index in [0.29, 0.717) is 0 Å². The van der Waals surface area contributed by atoms with Gasteiger partial charge in [-0.1, -0.05) is 35.9 Å². The molecule has 6 heteroatoms. The van der Waals surface area contributed by atoms with E-state index in [2.05, 4.69) is 22.9 Å². The van der Waals surface area contributed by atoms with E-state index < -0.39 is 23.5 Å². The molecule has 1 aromatic carbocycles. The van der Waals surface area contributed by atoms with E-state index in [4.69, 9.17) is 0 Å². The topological polar surface area (TPSA) is 75.3 Å². The lowest BCUT2D eigenvalue weighted by Gasteiger charge is -2.20. The van der Waals surface area contributed by atoms with Crippen LogP contribution in [-0.2, 0) is 14.4 Å². The summed E-state index contributed by atoms with van der Waals surface area (Å²) in [6.07, 6.45) is 2.79. The third-order valence-corrected chi connectivity index (χ3v) is 3.00. The van der Waals surface area contributed by atoms with Crippen LogP contribution in [0.4, 0.5) is 0 Å². The van der Waals surface area contributed by atoms with Gasteiger partial charge in [-0.15, -0.1) is 0 Å². The van der Waals surface area contributed by atoms with Gasteiger partial charge >= 0.3 is 0 Å². The SMILES string of the molecule is Cc1ccc(/C=C/C(=O)C2C(=O)NC(=S)NC2=O)cc1. The maximum absolute atomic E-state index is 11.9. The lowest BCUT2D eigenvalue weighted by Crippen LogP contribution is -2.57. The number of benzene rings is 1. The van der Waals surface area contributed by atoms with Crippen molar-refractivity contribution in [3.63, 3.8) is 0 Å². The first-order valence-electron chi connectivity index (χ1n) is 5.91. The zero-order valence-corrected chi connectivity index (χ0v) is 11.5. The summed E-state index contributed by atoms with van der Waals surface area (Å²) in [6, 6.07) is 7.50. The molecule has 20 heavy (non-hydrogen) atoms. The molecule has 0 saturated carbocycles. The predicted molar refractivity (Wildman–Crippen MR) is 77.6 cm³/mol. The highest BCUT2D eigenvalue weighted by molar-refractivity contribution is 7.80. The molecule has 1 aromatic rings. The first kappa shape index (κ1) is 14.1. The Kier molecular flexibility index (Phi) is 4.05. The second-order valence-corrected chi connectivity index (χ2v) is 4.80. The highest BCUT2D eigenvalue weighted by atomic mass is 32.1. The van der Waals surface area contributed by atoms with Gasteiger partial charge in [-0.3, -0.25) is 14.4 Å². The second kappa shape index (κ2) is 5.75. The van der Waals surface area contributed by atoms with Crippen LogP contribution in [0.5, 0.6) is 0 Å². The Labute approximate surface area is 121 Å². The van der Waals surface area contributed by atoms with Crippen LogP contribution in [0.15, 0.2) is 30.3 Å². The van der Waals surface area contributed by atoms with Crippen molar-refractivity contribution in [3.05, 3.63) is 41.5 Å². The largest absolute Gasteiger partial charge is 0.302 e. The third-order valence-electron chi connectivity index (χ3n) is 2.80. The molecule has 0 aromatic heterocycles. The highest BCUT2D eigenvalue weighted by Gasteiger charge is 2.37. The number of amides is 2. The van der Waals surface area contributed by atoms with Crippen LogP contribution < -0.4 is 10.6 Å². The van der Waals surface area contributed by atoms with Crippen LogP contribution in [0, 0.1) is 12.8 Å². The van der Waals surface area contributed by atoms with Gasteiger partial charge in [-0.25, -0.2) is 0 Å². The van der Waals surface area contributed by atoms with Crippen molar-refractivity contribution in [3.8, 4) is 0 Å². The average Bonchev–Trinajstić information content (AvgIpc) is 2.37. The molecule has 1 heterocycles. The van der Waals surface area contributed by atoms with Crippen molar-refractivity contribution < 1.29 is 14.4 Å². The number of nitrogens with one attached hydrogen (secondary N) is 2. The molecule has 0 bridgehead atoms. The van der Waals surface area contributed by atoms with Gasteiger partial charge in [-0.05, 0) is 30.8 Å². The minimum atomic E-state index is -1.39. The second-order valence-electron chi connectivity index (χ2n) is 4.39. The molecule has 1 aliphatic rings. The molecule has 1 aliphatic heterocycles. The van der Waals surface area contributed by atoms with Gasteiger partial charge in [0.2, 0.25) is 11.8 Å². The Morgan fingerprint density at radius 3 is 2.25 bits per heavy atom. The number of carbonyl (C=O) groups excluding carboxylic acids is 3. The summed E-state index contributed by atoms with van der Waals surface area (Å²) in [5.74, 6) is -3.36. The fourth-order valence-corrected chi connectivity index (χ4v) is 1.93. The first-order valence-corrected chi connectivity index (χ1v) is 6.32. The van der Waals surface area contributed by atoms with Crippen molar-refractivity contribution in [2.75, 3.05) is 0 Å². The smallest absolute Gasteiger partial charge is 0.246 e. The number of allylic oxidation sites excluding steroid dienone is 1. The van der Waals surface area contributed by atoms with Crippen LogP contribution in [0.1, 0.15) is 11.1 Å². The molecular formula is C14H12N2O3S. The molecular weight excluding hydrogens is 276 g/mol. The van der Waals surface area contributed by atoms with Gasteiger partial charge in [0.15, 0.2) is 16.8 Å². The van der Waals surface area contributed by atoms with E-state index in [-0.39, 0.29) is 5.11 Å². The summed E-state index contributed by atoms with van der Waals surface area (Å²) in [5.41, 5.74) is 1.92. The van der Waals surface area contributed by atoms with Gasteiger partial charge in [0.25, 0.3) is 0 Å². The zero-order valence-electron chi connectivity index (χ0n) is 10.7. The number of rotatable bonds is 3. The molecule has 2 amide bonds. The van der Waals surface area contributed by atoms with E-state index in [9.17, 15) is 14.4 Å². The Morgan fingerprint density at radius 1 is 1.15 bits per heavy atom. The number of hydrogen-bond acceptors (Lipinski definition) is 4. The predicted octanol–water partition coefficient (Wildman–Crippen LogP) is 0.724. The van der Waals surface area contributed by atoms with Crippen LogP contribution in [0.2, 0.25) is 0 Å². The summed E-state index contributed by atoms with van der Waals surface area (Å²) >= 11 is 4.66. The molecule has 2 rings (SSSR count). The molecule has 0 aliphatic carbocycles. The Balaban J connectivity index is 2.11. The Morgan fingerprint density at radius 2 is 1.70 bits per heavy atom. The maximum atomic E-state index is 11.9. The lowest BCUT2D eigenvalue weighted by molar-refractivity contribution is -0.140. The summed E-state index contributed by atoms with van der Waals surface area (Å²) < 4.78 is 0. The quantitative estimate of drug-likeness (QED) is 0.488. The molecule has 0 atom stereocenters. The first-order chi connectivity index (χ1) is 9.47. The molecule has 102 valence electrons. The van der Waals surface area contributed by atoms with E-state index in [1.54, 1.807) is 6.08 Å². The van der Waals surface area contributed by atoms with Gasteiger partial charge in [-0.2, -0.15) is 0 Å². The summed E-state index contributed by atoms with van der Waals surface area (Å²) in [7, 11) is 0. The van der Waals surface area contributed by atoms with Crippen LogP contribution in [-0.4, -0.2) is 22.7 Å². The zero-order chi connectivity index (χ0) is 14.7. The molecule has 0 unspecified atom stereocenters. The minimum absolute atomic E-state index is 0.0773. The van der Waals surface area contributed by atoms with Gasteiger partial charge in [0, 0.05) is 0 Å². The number of aryl methyl sites for hydroxylation is 1. The summed E-state index contributed by atoms with van der Waals surface area (Å²) in [5, 5.41) is 4.43. The van der Waals surface area contributed by atoms with Crippen molar-refractivity contribution in [1.82, 2.24) is 10.6 Å². The highest BCUT2D eigenvalue weighted by Crippen LogP contribution is 2.09. The van der Waals surface area contributed by atoms with Gasteiger partial charge in [0.1, 0.15) is 0 Å². The van der Waals surface area contributed by atoms with Crippen molar-refractivity contribution in [2.24, 2.45) is 5.92 Å². The average molecular weight is 288 g/mol. The van der Waals surface area contributed by atoms with Crippen LogP contribution in [0.3, 0.4) is 0 Å². The van der Waals surface area contributed by atoms with E-state index in [1.165, 1.54) is 6.08 Å². The molecule has 5 nitrogen and oxygen atoms in total. The van der Waals surface area contributed by atoms with Crippen LogP contribution in [0.25, 0.3) is 6.08 Å². The lowest BCUT2D eigenvalue weighted by atomic mass is 9.99. The van der Waals surface area contributed by atoms with E-state index in [1.807, 2.05) is 31.2 Å². The fraction of sp³-hybridized carbons (Fsp3) is 0.143. The van der Waals surface area contributed by atoms with Gasteiger partial charge in [0.05, 0.1) is 0 Å². The normalized spacial score (nSPS) is 16.1. The fourth-order valence-electron chi connectivity index (χ4n) is 1.73. The maximum Gasteiger partial charge on any atom is 0.246 e. The summed E-state index contributed by atoms with van der Waals surface area (Å²) in [4.78, 5) is 35.1. The molecule has 1 saturated heterocycles. The molecule has 0 radical (unpaired) electrons. The minimum Gasteiger partial charge on any atom is -0.302 e. The van der Waals surface area contributed by atoms with Gasteiger partial charge < -0.3 is 10.6 Å². The van der Waals surface area contributed by atoms with Crippen LogP contribution >= 0.6 is 12.2 Å². The number of carbonyl (C=O) groups is 3. The van der Waals surface area contributed by atoms with Crippen molar-refractivity contribution >= 4 is 41.0 Å². The Hall–Kier alpha value is -2.34. The van der Waals surface area contributed by atoms with E-state index in [0.717, 1.165) is 11.1 Å². The summed E-state index contributed by atoms with van der Waals surface area (Å²) in [6.45, 7) is 1.96. The number of ketones is 1. The number of hydrogen-bond donors (Lipinski definition) is 2. The molecule has 1 fully saturated rings. The number of thiocarbonyl (C=S) groups is 1. The standard InChI is InChI=1S/C14H12N2O3S/c1-8-2-4-9(5-3-8)6-7-10(17)11-12(18)15-14(20)16-13(11)19/h2-7,11H,1H3,(H2,15,16,18,19,20)/b7-6+. The van der Waals surface area contributed by atoms with Crippen molar-refractivity contribution in [2.45, 2.75) is 6.92 Å². The third kappa shape index (κ3) is 3.16. The van der Waals surface area contributed by atoms with E-state index >= 15 is 0 Å². The molecule has 0 spiro atoms. The monoisotopic (exact) mass is 288 g/mol. The van der Waals surface area contributed by atoms with Crippen molar-refractivity contribution in [1.29, 1.82) is 0 Å².